The SMILES string of the molecule is COC(=O)c1ccc(Cl)c(Nc2cnnc(NCc3ccc(F)cc3)n2)c1. The van der Waals surface area contributed by atoms with Gasteiger partial charge in [0.05, 0.1) is 29.6 Å². The first-order valence-electron chi connectivity index (χ1n) is 7.88. The van der Waals surface area contributed by atoms with Crippen molar-refractivity contribution in [1.29, 1.82) is 0 Å². The second kappa shape index (κ2) is 8.41. The molecule has 0 saturated carbocycles. The standard InChI is InChI=1S/C18H15ClFN5O2/c1-27-17(26)12-4-7-14(19)15(8-12)23-16-10-22-25-18(24-16)21-9-11-2-5-13(20)6-3-11/h2-8,10H,9H2,1H3,(H2,21,23,24,25). The van der Waals surface area contributed by atoms with Gasteiger partial charge in [0.25, 0.3) is 0 Å². The van der Waals surface area contributed by atoms with Gasteiger partial charge in [0, 0.05) is 6.54 Å². The highest BCUT2D eigenvalue weighted by molar-refractivity contribution is 6.33. The van der Waals surface area contributed by atoms with Crippen molar-refractivity contribution in [3.05, 3.63) is 70.6 Å². The van der Waals surface area contributed by atoms with E-state index in [1.165, 1.54) is 25.4 Å². The number of nitrogens with one attached hydrogen (secondary N) is 2. The van der Waals surface area contributed by atoms with Crippen LogP contribution in [0.4, 0.5) is 21.8 Å². The van der Waals surface area contributed by atoms with Gasteiger partial charge in [-0.2, -0.15) is 10.1 Å². The minimum Gasteiger partial charge on any atom is -0.465 e. The molecule has 0 bridgehead atoms. The van der Waals surface area contributed by atoms with Crippen LogP contribution in [0.15, 0.2) is 48.7 Å². The molecule has 2 N–H and O–H groups in total. The molecule has 0 fully saturated rings. The lowest BCUT2D eigenvalue weighted by Gasteiger charge is -2.10. The van der Waals surface area contributed by atoms with E-state index in [0.717, 1.165) is 5.56 Å². The van der Waals surface area contributed by atoms with Crippen molar-refractivity contribution in [1.82, 2.24) is 15.2 Å². The summed E-state index contributed by atoms with van der Waals surface area (Å²) in [6.07, 6.45) is 1.42. The molecule has 7 nitrogen and oxygen atoms in total. The lowest BCUT2D eigenvalue weighted by atomic mass is 10.2. The molecule has 0 aliphatic carbocycles. The van der Waals surface area contributed by atoms with E-state index in [4.69, 9.17) is 16.3 Å². The van der Waals surface area contributed by atoms with Gasteiger partial charge in [-0.25, -0.2) is 9.18 Å². The maximum atomic E-state index is 12.9. The van der Waals surface area contributed by atoms with Crippen LogP contribution < -0.4 is 10.6 Å². The minimum absolute atomic E-state index is 0.282. The molecule has 3 rings (SSSR count). The summed E-state index contributed by atoms with van der Waals surface area (Å²) in [6.45, 7) is 0.407. The van der Waals surface area contributed by atoms with Crippen LogP contribution in [-0.2, 0) is 11.3 Å². The second-order valence-corrected chi connectivity index (χ2v) is 5.86. The zero-order valence-corrected chi connectivity index (χ0v) is 15.0. The second-order valence-electron chi connectivity index (χ2n) is 5.46. The molecule has 0 spiro atoms. The molecule has 0 radical (unpaired) electrons. The number of carbonyl (C=O) groups is 1. The molecule has 9 heteroatoms. The Labute approximate surface area is 159 Å². The van der Waals surface area contributed by atoms with Gasteiger partial charge < -0.3 is 15.4 Å². The van der Waals surface area contributed by atoms with Gasteiger partial charge in [0.15, 0.2) is 5.82 Å². The quantitative estimate of drug-likeness (QED) is 0.621. The highest BCUT2D eigenvalue weighted by Crippen LogP contribution is 2.26. The number of rotatable bonds is 6. The number of nitrogens with zero attached hydrogens (tertiary/aromatic N) is 3. The number of carbonyl (C=O) groups excluding carboxylic acids is 1. The number of benzene rings is 2. The molecule has 0 amide bonds. The van der Waals surface area contributed by atoms with Crippen LogP contribution in [-0.4, -0.2) is 28.3 Å². The predicted molar refractivity (Wildman–Crippen MR) is 99.6 cm³/mol. The molecule has 0 aliphatic heterocycles. The van der Waals surface area contributed by atoms with Crippen molar-refractivity contribution < 1.29 is 13.9 Å². The summed E-state index contributed by atoms with van der Waals surface area (Å²) in [4.78, 5) is 16.0. The summed E-state index contributed by atoms with van der Waals surface area (Å²) >= 11 is 6.16. The first kappa shape index (κ1) is 18.5. The third kappa shape index (κ3) is 4.89. The Morgan fingerprint density at radius 1 is 1.22 bits per heavy atom. The monoisotopic (exact) mass is 387 g/mol. The smallest absolute Gasteiger partial charge is 0.337 e. The first-order valence-corrected chi connectivity index (χ1v) is 8.26. The van der Waals surface area contributed by atoms with Gasteiger partial charge in [0.2, 0.25) is 5.95 Å². The Morgan fingerprint density at radius 3 is 2.74 bits per heavy atom. The van der Waals surface area contributed by atoms with Crippen LogP contribution in [0.1, 0.15) is 15.9 Å². The summed E-state index contributed by atoms with van der Waals surface area (Å²) in [7, 11) is 1.30. The van der Waals surface area contributed by atoms with Crippen LogP contribution in [0.5, 0.6) is 0 Å². The van der Waals surface area contributed by atoms with Crippen molar-refractivity contribution in [2.75, 3.05) is 17.7 Å². The number of methoxy groups -OCH3 is 1. The molecule has 0 unspecified atom stereocenters. The average Bonchev–Trinajstić information content (AvgIpc) is 2.69. The number of aromatic nitrogens is 3. The van der Waals surface area contributed by atoms with Gasteiger partial charge in [-0.1, -0.05) is 23.7 Å². The number of esters is 1. The Hall–Kier alpha value is -3.26. The van der Waals surface area contributed by atoms with Crippen molar-refractivity contribution in [3.63, 3.8) is 0 Å². The van der Waals surface area contributed by atoms with Gasteiger partial charge in [-0.15, -0.1) is 5.10 Å². The predicted octanol–water partition coefficient (Wildman–Crippen LogP) is 3.81. The molecule has 0 saturated heterocycles. The molecule has 1 heterocycles. The largest absolute Gasteiger partial charge is 0.465 e. The third-order valence-electron chi connectivity index (χ3n) is 3.57. The van der Waals surface area contributed by atoms with Crippen molar-refractivity contribution >= 4 is 35.0 Å². The first-order chi connectivity index (χ1) is 13.0. The summed E-state index contributed by atoms with van der Waals surface area (Å²) in [5.41, 5.74) is 1.69. The van der Waals surface area contributed by atoms with Crippen LogP contribution in [0, 0.1) is 5.82 Å². The summed E-state index contributed by atoms with van der Waals surface area (Å²) in [5.74, 6) is -0.105. The van der Waals surface area contributed by atoms with E-state index in [1.54, 1.807) is 30.3 Å². The Balaban J connectivity index is 1.72. The van der Waals surface area contributed by atoms with E-state index < -0.39 is 5.97 Å². The lowest BCUT2D eigenvalue weighted by Crippen LogP contribution is -2.07. The van der Waals surface area contributed by atoms with Crippen molar-refractivity contribution in [2.45, 2.75) is 6.54 Å². The summed E-state index contributed by atoms with van der Waals surface area (Å²) in [5, 5.41) is 14.2. The van der Waals surface area contributed by atoms with Gasteiger partial charge >= 0.3 is 5.97 Å². The number of hydrogen-bond donors (Lipinski definition) is 2. The molecular formula is C18H15ClFN5O2. The fraction of sp³-hybridized carbons (Fsp3) is 0.111. The number of hydrogen-bond acceptors (Lipinski definition) is 7. The van der Waals surface area contributed by atoms with E-state index in [-0.39, 0.29) is 11.8 Å². The van der Waals surface area contributed by atoms with E-state index in [1.807, 2.05) is 0 Å². The Morgan fingerprint density at radius 2 is 2.00 bits per heavy atom. The fourth-order valence-corrected chi connectivity index (χ4v) is 2.39. The third-order valence-corrected chi connectivity index (χ3v) is 3.90. The summed E-state index contributed by atoms with van der Waals surface area (Å²) < 4.78 is 17.6. The lowest BCUT2D eigenvalue weighted by molar-refractivity contribution is 0.0601. The molecule has 0 atom stereocenters. The van der Waals surface area contributed by atoms with Gasteiger partial charge in [0.1, 0.15) is 5.82 Å². The highest BCUT2D eigenvalue weighted by Gasteiger charge is 2.10. The van der Waals surface area contributed by atoms with Crippen molar-refractivity contribution in [3.8, 4) is 0 Å². The summed E-state index contributed by atoms with van der Waals surface area (Å²) in [6, 6.07) is 10.8. The molecule has 3 aromatic rings. The average molecular weight is 388 g/mol. The maximum Gasteiger partial charge on any atom is 0.337 e. The molecule has 2 aromatic carbocycles. The van der Waals surface area contributed by atoms with Gasteiger partial charge in [-0.3, -0.25) is 0 Å². The zero-order valence-electron chi connectivity index (χ0n) is 14.2. The van der Waals surface area contributed by atoms with E-state index in [9.17, 15) is 9.18 Å². The molecule has 138 valence electrons. The highest BCUT2D eigenvalue weighted by atomic mass is 35.5. The molecule has 0 aliphatic rings. The van der Waals surface area contributed by atoms with E-state index in [0.29, 0.717) is 28.6 Å². The Bertz CT molecular complexity index is 953. The normalized spacial score (nSPS) is 10.3. The van der Waals surface area contributed by atoms with Gasteiger partial charge in [-0.05, 0) is 35.9 Å². The van der Waals surface area contributed by atoms with Crippen LogP contribution in [0.25, 0.3) is 0 Å². The molecule has 27 heavy (non-hydrogen) atoms. The zero-order chi connectivity index (χ0) is 19.2. The van der Waals surface area contributed by atoms with E-state index in [2.05, 4.69) is 25.8 Å². The number of ether oxygens (including phenoxy) is 1. The Kier molecular flexibility index (Phi) is 5.77. The molecular weight excluding hydrogens is 373 g/mol. The maximum absolute atomic E-state index is 12.9. The number of halogens is 2. The van der Waals surface area contributed by atoms with Crippen molar-refractivity contribution in [2.24, 2.45) is 0 Å². The van der Waals surface area contributed by atoms with E-state index >= 15 is 0 Å². The van der Waals surface area contributed by atoms with Crippen LogP contribution in [0.3, 0.4) is 0 Å². The minimum atomic E-state index is -0.475. The van der Waals surface area contributed by atoms with Crippen LogP contribution in [0.2, 0.25) is 5.02 Å². The topological polar surface area (TPSA) is 89.0 Å². The molecule has 1 aromatic heterocycles. The van der Waals surface area contributed by atoms with Crippen LogP contribution >= 0.6 is 11.6 Å². The fourth-order valence-electron chi connectivity index (χ4n) is 2.23. The number of anilines is 3.